The molecule has 1 aliphatic carbocycles. The first kappa shape index (κ1) is 21.4. The van der Waals surface area contributed by atoms with Gasteiger partial charge in [0.25, 0.3) is 16.8 Å². The van der Waals surface area contributed by atoms with Crippen LogP contribution in [0.1, 0.15) is 49.9 Å². The Labute approximate surface area is 177 Å². The maximum Gasteiger partial charge on any atom is 0.258 e. The van der Waals surface area contributed by atoms with Crippen molar-refractivity contribution in [3.8, 4) is 5.75 Å². The molecule has 156 valence electrons. The molecule has 0 unspecified atom stereocenters. The van der Waals surface area contributed by atoms with E-state index < -0.39 is 10.9 Å². The first-order chi connectivity index (χ1) is 13.5. The quantitative estimate of drug-likeness (QED) is 0.462. The van der Waals surface area contributed by atoms with E-state index in [0.29, 0.717) is 4.47 Å². The molecule has 2 aromatic carbocycles. The van der Waals surface area contributed by atoms with Gasteiger partial charge in [0.2, 0.25) is 0 Å². The van der Waals surface area contributed by atoms with Gasteiger partial charge in [0.15, 0.2) is 5.75 Å². The summed E-state index contributed by atoms with van der Waals surface area (Å²) in [4.78, 5) is 38.1. The van der Waals surface area contributed by atoms with Crippen LogP contribution in [-0.4, -0.2) is 36.1 Å². The van der Waals surface area contributed by atoms with Crippen molar-refractivity contribution < 1.29 is 9.90 Å². The van der Waals surface area contributed by atoms with Gasteiger partial charge in [0.1, 0.15) is 11.4 Å². The molecule has 1 aliphatic rings. The summed E-state index contributed by atoms with van der Waals surface area (Å²) in [6, 6.07) is 3.25. The van der Waals surface area contributed by atoms with E-state index in [2.05, 4.69) is 40.4 Å². The predicted octanol–water partition coefficient (Wildman–Crippen LogP) is 3.58. The van der Waals surface area contributed by atoms with Crippen LogP contribution in [0, 0.1) is 5.41 Å². The van der Waals surface area contributed by atoms with Crippen LogP contribution in [0.2, 0.25) is 0 Å². The number of hydrogen-bond donors (Lipinski definition) is 3. The van der Waals surface area contributed by atoms with Gasteiger partial charge in [-0.25, -0.2) is 0 Å². The second kappa shape index (κ2) is 7.82. The molecule has 29 heavy (non-hydrogen) atoms. The van der Waals surface area contributed by atoms with E-state index in [0.717, 1.165) is 25.7 Å². The molecule has 1 atom stereocenters. The normalized spacial score (nSPS) is 18.4. The number of amides is 1. The Hall–Kier alpha value is -2.35. The number of aromatic hydroxyl groups is 1. The average molecular weight is 464 g/mol. The summed E-state index contributed by atoms with van der Waals surface area (Å²) in [7, 11) is 3.16. The predicted molar refractivity (Wildman–Crippen MR) is 118 cm³/mol. The lowest BCUT2D eigenvalue weighted by Crippen LogP contribution is -2.44. The minimum absolute atomic E-state index is 0.0142. The minimum Gasteiger partial charge on any atom is -0.505 e. The number of benzene rings is 1. The largest absolute Gasteiger partial charge is 0.505 e. The van der Waals surface area contributed by atoms with E-state index in [1.165, 1.54) is 4.90 Å². The van der Waals surface area contributed by atoms with Crippen molar-refractivity contribution >= 4 is 38.9 Å². The zero-order chi connectivity index (χ0) is 21.5. The Morgan fingerprint density at radius 3 is 2.45 bits per heavy atom. The van der Waals surface area contributed by atoms with Crippen LogP contribution in [0.15, 0.2) is 26.2 Å². The average Bonchev–Trinajstić information content (AvgIpc) is 2.66. The van der Waals surface area contributed by atoms with E-state index >= 15 is 0 Å². The highest BCUT2D eigenvalue weighted by molar-refractivity contribution is 9.10. The second-order valence-corrected chi connectivity index (χ2v) is 9.34. The van der Waals surface area contributed by atoms with E-state index in [1.807, 2.05) is 0 Å². The summed E-state index contributed by atoms with van der Waals surface area (Å²) in [6.07, 6.45) is 4.20. The summed E-state index contributed by atoms with van der Waals surface area (Å²) in [5, 5.41) is 16.7. The third-order valence-electron chi connectivity index (χ3n) is 5.74. The summed E-state index contributed by atoms with van der Waals surface area (Å²) in [5.41, 5.74) is -0.535. The van der Waals surface area contributed by atoms with Gasteiger partial charge in [-0.3, -0.25) is 14.4 Å². The number of nitrogens with one attached hydrogen (secondary N) is 2. The number of phenolic OH excluding ortho intramolecular Hbond substituents is 1. The summed E-state index contributed by atoms with van der Waals surface area (Å²) in [5.74, 6) is -0.666. The first-order valence-electron chi connectivity index (χ1n) is 9.64. The molecule has 0 radical (unpaired) electrons. The molecule has 3 rings (SSSR count). The van der Waals surface area contributed by atoms with Gasteiger partial charge in [-0.05, 0) is 46.3 Å². The molecule has 3 N–H and O–H groups in total. The van der Waals surface area contributed by atoms with Crippen LogP contribution in [0.4, 0.5) is 17.1 Å². The number of nitrogens with zero attached hydrogens (tertiary/aromatic N) is 1. The summed E-state index contributed by atoms with van der Waals surface area (Å²) in [6.45, 7) is 4.31. The fraction of sp³-hybridized carbons (Fsp3) is 0.476. The lowest BCUT2D eigenvalue weighted by Gasteiger charge is -2.40. The molecule has 8 heteroatoms. The Balaban J connectivity index is 1.92. The van der Waals surface area contributed by atoms with Gasteiger partial charge in [-0.15, -0.1) is 0 Å². The topological polar surface area (TPSA) is 98.7 Å². The Bertz CT molecular complexity index is 1020. The number of phenols is 1. The standard InChI is InChI=1S/C21H26BrN3O4/c1-21(2)10-6-5-7-13(21)24-16-15(18(27)19(16)28)23-12-9-8-11(22)14(17(12)26)20(29)25(3)4/h8-9,13,23-24,26H,5-7,10H2,1-4H3/t13-/m0/s1. The van der Waals surface area contributed by atoms with Gasteiger partial charge in [0, 0.05) is 24.6 Å². The fourth-order valence-corrected chi connectivity index (χ4v) is 4.30. The highest BCUT2D eigenvalue weighted by Gasteiger charge is 2.35. The maximum absolute atomic E-state index is 12.4. The lowest BCUT2D eigenvalue weighted by atomic mass is 9.73. The van der Waals surface area contributed by atoms with E-state index in [-0.39, 0.29) is 45.7 Å². The second-order valence-electron chi connectivity index (χ2n) is 8.48. The molecule has 7 nitrogen and oxygen atoms in total. The molecular formula is C21H26BrN3O4. The van der Waals surface area contributed by atoms with Gasteiger partial charge in [0.05, 0.1) is 11.3 Å². The van der Waals surface area contributed by atoms with E-state index in [9.17, 15) is 19.5 Å². The van der Waals surface area contributed by atoms with E-state index in [1.54, 1.807) is 26.2 Å². The summed E-state index contributed by atoms with van der Waals surface area (Å²) >= 11 is 3.28. The minimum atomic E-state index is -0.635. The van der Waals surface area contributed by atoms with Gasteiger partial charge in [-0.1, -0.05) is 26.7 Å². The molecule has 0 aromatic heterocycles. The van der Waals surface area contributed by atoms with Crippen molar-refractivity contribution in [2.24, 2.45) is 5.41 Å². The van der Waals surface area contributed by atoms with Crippen molar-refractivity contribution in [2.45, 2.75) is 45.6 Å². The molecule has 0 bridgehead atoms. The van der Waals surface area contributed by atoms with Crippen LogP contribution < -0.4 is 21.5 Å². The van der Waals surface area contributed by atoms with Crippen molar-refractivity contribution in [3.05, 3.63) is 42.6 Å². The Morgan fingerprint density at radius 2 is 1.83 bits per heavy atom. The number of halogens is 1. The van der Waals surface area contributed by atoms with Gasteiger partial charge in [-0.2, -0.15) is 0 Å². The molecule has 0 saturated heterocycles. The number of hydrogen-bond acceptors (Lipinski definition) is 6. The van der Waals surface area contributed by atoms with Crippen LogP contribution in [-0.2, 0) is 0 Å². The molecule has 2 aromatic rings. The molecular weight excluding hydrogens is 438 g/mol. The van der Waals surface area contributed by atoms with Crippen LogP contribution >= 0.6 is 15.9 Å². The zero-order valence-electron chi connectivity index (χ0n) is 17.1. The molecule has 1 saturated carbocycles. The first-order valence-corrected chi connectivity index (χ1v) is 10.4. The highest BCUT2D eigenvalue weighted by Crippen LogP contribution is 2.39. The smallest absolute Gasteiger partial charge is 0.258 e. The molecule has 0 heterocycles. The van der Waals surface area contributed by atoms with Crippen LogP contribution in [0.3, 0.4) is 0 Å². The van der Waals surface area contributed by atoms with Crippen molar-refractivity contribution in [1.29, 1.82) is 0 Å². The SMILES string of the molecule is CN(C)C(=O)c1c(Br)ccc(Nc2c(N[C@H]3CCCCC3(C)C)c(=O)c2=O)c1O. The molecule has 1 fully saturated rings. The van der Waals surface area contributed by atoms with Gasteiger partial charge < -0.3 is 20.6 Å². The van der Waals surface area contributed by atoms with Gasteiger partial charge >= 0.3 is 0 Å². The third-order valence-corrected chi connectivity index (χ3v) is 6.40. The number of carbonyl (C=O) groups excluding carboxylic acids is 1. The fourth-order valence-electron chi connectivity index (χ4n) is 3.81. The number of anilines is 3. The van der Waals surface area contributed by atoms with Crippen LogP contribution in [0.5, 0.6) is 5.75 Å². The lowest BCUT2D eigenvalue weighted by molar-refractivity contribution is 0.0824. The van der Waals surface area contributed by atoms with Crippen molar-refractivity contribution in [3.63, 3.8) is 0 Å². The Kier molecular flexibility index (Phi) is 5.76. The highest BCUT2D eigenvalue weighted by atomic mass is 79.9. The van der Waals surface area contributed by atoms with E-state index in [4.69, 9.17) is 0 Å². The molecule has 0 aliphatic heterocycles. The van der Waals surface area contributed by atoms with Crippen molar-refractivity contribution in [1.82, 2.24) is 4.90 Å². The third kappa shape index (κ3) is 3.90. The number of rotatable bonds is 5. The zero-order valence-corrected chi connectivity index (χ0v) is 18.6. The Morgan fingerprint density at radius 1 is 1.17 bits per heavy atom. The summed E-state index contributed by atoms with van der Waals surface area (Å²) < 4.78 is 0.437. The maximum atomic E-state index is 12.4. The number of carbonyl (C=O) groups is 1. The molecule has 1 amide bonds. The molecule has 0 spiro atoms. The monoisotopic (exact) mass is 463 g/mol. The van der Waals surface area contributed by atoms with Crippen molar-refractivity contribution in [2.75, 3.05) is 24.7 Å². The van der Waals surface area contributed by atoms with Crippen LogP contribution in [0.25, 0.3) is 0 Å².